The first kappa shape index (κ1) is 17.1. The number of benzene rings is 2. The van der Waals surface area contributed by atoms with Crippen LogP contribution in [0, 0.1) is 5.82 Å². The van der Waals surface area contributed by atoms with Gasteiger partial charge in [0.1, 0.15) is 5.82 Å². The summed E-state index contributed by atoms with van der Waals surface area (Å²) in [5.74, 6) is 0.275. The first-order chi connectivity index (χ1) is 12.1. The molecule has 0 atom stereocenters. The summed E-state index contributed by atoms with van der Waals surface area (Å²) in [5, 5.41) is 7.28. The van der Waals surface area contributed by atoms with Crippen molar-refractivity contribution in [2.24, 2.45) is 0 Å². The second kappa shape index (κ2) is 7.90. The summed E-state index contributed by atoms with van der Waals surface area (Å²) < 4.78 is 18.0. The SMILES string of the molecule is O=C(CCc1nc(-c2ccc(F)cc2)no1)NCc1cccc(Cl)c1. The van der Waals surface area contributed by atoms with Crippen LogP contribution in [-0.4, -0.2) is 16.0 Å². The van der Waals surface area contributed by atoms with Gasteiger partial charge in [0.05, 0.1) is 0 Å². The molecule has 0 unspecified atom stereocenters. The molecule has 3 rings (SSSR count). The van der Waals surface area contributed by atoms with E-state index in [0.717, 1.165) is 5.56 Å². The van der Waals surface area contributed by atoms with Crippen molar-refractivity contribution in [3.8, 4) is 11.4 Å². The molecule has 25 heavy (non-hydrogen) atoms. The second-order valence-electron chi connectivity index (χ2n) is 5.43. The Hall–Kier alpha value is -2.73. The van der Waals surface area contributed by atoms with E-state index in [2.05, 4.69) is 15.5 Å². The maximum atomic E-state index is 12.9. The molecule has 7 heteroatoms. The first-order valence-corrected chi connectivity index (χ1v) is 8.07. The zero-order valence-electron chi connectivity index (χ0n) is 13.2. The Morgan fingerprint density at radius 2 is 2.00 bits per heavy atom. The summed E-state index contributed by atoms with van der Waals surface area (Å²) in [4.78, 5) is 16.1. The highest BCUT2D eigenvalue weighted by molar-refractivity contribution is 6.30. The average molecular weight is 360 g/mol. The van der Waals surface area contributed by atoms with E-state index in [0.29, 0.717) is 35.3 Å². The third kappa shape index (κ3) is 4.87. The summed E-state index contributed by atoms with van der Waals surface area (Å²) in [7, 11) is 0. The van der Waals surface area contributed by atoms with Gasteiger partial charge in [0.2, 0.25) is 17.6 Å². The van der Waals surface area contributed by atoms with E-state index >= 15 is 0 Å². The number of halogens is 2. The number of nitrogens with zero attached hydrogens (tertiary/aromatic N) is 2. The summed E-state index contributed by atoms with van der Waals surface area (Å²) >= 11 is 5.90. The van der Waals surface area contributed by atoms with Crippen LogP contribution in [0.25, 0.3) is 11.4 Å². The van der Waals surface area contributed by atoms with Crippen molar-refractivity contribution in [3.63, 3.8) is 0 Å². The Morgan fingerprint density at radius 3 is 2.76 bits per heavy atom. The number of aromatic nitrogens is 2. The molecule has 1 aromatic heterocycles. The maximum Gasteiger partial charge on any atom is 0.227 e. The lowest BCUT2D eigenvalue weighted by Gasteiger charge is -2.04. The third-order valence-corrected chi connectivity index (χ3v) is 3.75. The molecule has 0 saturated carbocycles. The first-order valence-electron chi connectivity index (χ1n) is 7.70. The molecule has 0 saturated heterocycles. The zero-order chi connectivity index (χ0) is 17.6. The zero-order valence-corrected chi connectivity index (χ0v) is 14.0. The summed E-state index contributed by atoms with van der Waals surface area (Å²) in [6.45, 7) is 0.407. The van der Waals surface area contributed by atoms with Crippen molar-refractivity contribution in [3.05, 3.63) is 70.8 Å². The van der Waals surface area contributed by atoms with Crippen LogP contribution in [0.3, 0.4) is 0 Å². The van der Waals surface area contributed by atoms with E-state index in [1.807, 2.05) is 12.1 Å². The molecule has 1 heterocycles. The highest BCUT2D eigenvalue weighted by atomic mass is 35.5. The number of hydrogen-bond acceptors (Lipinski definition) is 4. The molecule has 0 aliphatic rings. The molecular formula is C18H15ClFN3O2. The van der Waals surface area contributed by atoms with E-state index in [1.165, 1.54) is 12.1 Å². The van der Waals surface area contributed by atoms with E-state index in [9.17, 15) is 9.18 Å². The molecule has 0 fully saturated rings. The Labute approximate surface area is 148 Å². The molecule has 0 radical (unpaired) electrons. The van der Waals surface area contributed by atoms with Crippen LogP contribution in [0.2, 0.25) is 5.02 Å². The minimum absolute atomic E-state index is 0.124. The standard InChI is InChI=1S/C18H15ClFN3O2/c19-14-3-1-2-12(10-14)11-21-16(24)8-9-17-22-18(23-25-17)13-4-6-15(20)7-5-13/h1-7,10H,8-9,11H2,(H,21,24). The Balaban J connectivity index is 1.50. The van der Waals surface area contributed by atoms with Gasteiger partial charge in [-0.1, -0.05) is 28.9 Å². The average Bonchev–Trinajstić information content (AvgIpc) is 3.08. The highest BCUT2D eigenvalue weighted by Gasteiger charge is 2.11. The van der Waals surface area contributed by atoms with E-state index in [1.54, 1.807) is 24.3 Å². The van der Waals surface area contributed by atoms with Crippen LogP contribution in [0.5, 0.6) is 0 Å². The normalized spacial score (nSPS) is 10.6. The largest absolute Gasteiger partial charge is 0.352 e. The minimum atomic E-state index is -0.330. The number of nitrogens with one attached hydrogen (secondary N) is 1. The van der Waals surface area contributed by atoms with Crippen molar-refractivity contribution >= 4 is 17.5 Å². The lowest BCUT2D eigenvalue weighted by atomic mass is 10.2. The van der Waals surface area contributed by atoms with Gasteiger partial charge in [-0.25, -0.2) is 4.39 Å². The van der Waals surface area contributed by atoms with Gasteiger partial charge in [-0.15, -0.1) is 0 Å². The highest BCUT2D eigenvalue weighted by Crippen LogP contribution is 2.16. The molecule has 0 aliphatic heterocycles. The molecule has 5 nitrogen and oxygen atoms in total. The van der Waals surface area contributed by atoms with E-state index in [4.69, 9.17) is 16.1 Å². The van der Waals surface area contributed by atoms with Gasteiger partial charge in [0.25, 0.3) is 0 Å². The van der Waals surface area contributed by atoms with Gasteiger partial charge in [0, 0.05) is 30.0 Å². The number of amides is 1. The summed E-state index contributed by atoms with van der Waals surface area (Å²) in [5.41, 5.74) is 1.58. The van der Waals surface area contributed by atoms with Crippen molar-refractivity contribution in [1.82, 2.24) is 15.5 Å². The number of aryl methyl sites for hydroxylation is 1. The monoisotopic (exact) mass is 359 g/mol. The Kier molecular flexibility index (Phi) is 5.40. The lowest BCUT2D eigenvalue weighted by molar-refractivity contribution is -0.121. The lowest BCUT2D eigenvalue weighted by Crippen LogP contribution is -2.23. The van der Waals surface area contributed by atoms with Gasteiger partial charge in [-0.3, -0.25) is 4.79 Å². The molecular weight excluding hydrogens is 345 g/mol. The number of carbonyl (C=O) groups is 1. The van der Waals surface area contributed by atoms with Crippen LogP contribution in [0.15, 0.2) is 53.1 Å². The van der Waals surface area contributed by atoms with Crippen LogP contribution in [0.4, 0.5) is 4.39 Å². The number of rotatable bonds is 6. The Morgan fingerprint density at radius 1 is 1.20 bits per heavy atom. The van der Waals surface area contributed by atoms with Gasteiger partial charge in [-0.2, -0.15) is 4.98 Å². The molecule has 0 spiro atoms. The summed E-state index contributed by atoms with van der Waals surface area (Å²) in [6.07, 6.45) is 0.557. The molecule has 1 N–H and O–H groups in total. The topological polar surface area (TPSA) is 68.0 Å². The molecule has 2 aromatic carbocycles. The van der Waals surface area contributed by atoms with Crippen LogP contribution in [0.1, 0.15) is 17.9 Å². The molecule has 1 amide bonds. The van der Waals surface area contributed by atoms with Gasteiger partial charge >= 0.3 is 0 Å². The Bertz CT molecular complexity index is 865. The van der Waals surface area contributed by atoms with Crippen molar-refractivity contribution in [2.45, 2.75) is 19.4 Å². The van der Waals surface area contributed by atoms with Crippen LogP contribution < -0.4 is 5.32 Å². The fourth-order valence-electron chi connectivity index (χ4n) is 2.23. The molecule has 0 bridgehead atoms. The fourth-order valence-corrected chi connectivity index (χ4v) is 2.44. The smallest absolute Gasteiger partial charge is 0.227 e. The second-order valence-corrected chi connectivity index (χ2v) is 5.86. The number of carbonyl (C=O) groups excluding carboxylic acids is 1. The van der Waals surface area contributed by atoms with Crippen molar-refractivity contribution in [2.75, 3.05) is 0 Å². The van der Waals surface area contributed by atoms with E-state index in [-0.39, 0.29) is 18.1 Å². The molecule has 3 aromatic rings. The van der Waals surface area contributed by atoms with Crippen LogP contribution >= 0.6 is 11.6 Å². The van der Waals surface area contributed by atoms with Crippen molar-refractivity contribution in [1.29, 1.82) is 0 Å². The quantitative estimate of drug-likeness (QED) is 0.727. The molecule has 128 valence electrons. The third-order valence-electron chi connectivity index (χ3n) is 3.52. The predicted octanol–water partition coefficient (Wildman–Crippen LogP) is 3.78. The maximum absolute atomic E-state index is 12.9. The fraction of sp³-hybridized carbons (Fsp3) is 0.167. The minimum Gasteiger partial charge on any atom is -0.352 e. The molecule has 0 aliphatic carbocycles. The van der Waals surface area contributed by atoms with Crippen LogP contribution in [-0.2, 0) is 17.8 Å². The van der Waals surface area contributed by atoms with Gasteiger partial charge < -0.3 is 9.84 Å². The predicted molar refractivity (Wildman–Crippen MR) is 91.3 cm³/mol. The number of hydrogen-bond donors (Lipinski definition) is 1. The van der Waals surface area contributed by atoms with Gasteiger partial charge in [0.15, 0.2) is 0 Å². The summed E-state index contributed by atoms with van der Waals surface area (Å²) in [6, 6.07) is 13.1. The van der Waals surface area contributed by atoms with E-state index < -0.39 is 0 Å². The van der Waals surface area contributed by atoms with Gasteiger partial charge in [-0.05, 0) is 42.0 Å². The van der Waals surface area contributed by atoms with Crippen molar-refractivity contribution < 1.29 is 13.7 Å².